The van der Waals surface area contributed by atoms with E-state index >= 15 is 0 Å². The summed E-state index contributed by atoms with van der Waals surface area (Å²) in [5.74, 6) is -0.275. The van der Waals surface area contributed by atoms with Crippen LogP contribution in [0.1, 0.15) is 28.8 Å². The molecule has 0 aromatic heterocycles. The average Bonchev–Trinajstić information content (AvgIpc) is 3.28. The molecule has 1 unspecified atom stereocenters. The molecule has 31 heavy (non-hydrogen) atoms. The molecule has 4 rings (SSSR count). The first-order valence-corrected chi connectivity index (χ1v) is 10.3. The highest BCUT2D eigenvalue weighted by atomic mass is 16.5. The van der Waals surface area contributed by atoms with Crippen molar-refractivity contribution in [2.45, 2.75) is 25.3 Å². The SMILES string of the molecule is COc1ccccc1CCNC(=O)COC(=O)c1ccc2c(c1)NC(=O)C1CCCN21. The molecule has 1 fully saturated rings. The van der Waals surface area contributed by atoms with Gasteiger partial charge in [0.05, 0.1) is 24.0 Å². The van der Waals surface area contributed by atoms with E-state index in [1.165, 1.54) is 0 Å². The fourth-order valence-electron chi connectivity index (χ4n) is 4.07. The molecule has 2 heterocycles. The van der Waals surface area contributed by atoms with Crippen molar-refractivity contribution >= 4 is 29.2 Å². The Bertz CT molecular complexity index is 1010. The maximum atomic E-state index is 12.4. The highest BCUT2D eigenvalue weighted by molar-refractivity contribution is 6.05. The quantitative estimate of drug-likeness (QED) is 0.663. The van der Waals surface area contributed by atoms with E-state index in [1.807, 2.05) is 30.3 Å². The lowest BCUT2D eigenvalue weighted by Crippen LogP contribution is -2.43. The number of carbonyl (C=O) groups excluding carboxylic acids is 3. The topological polar surface area (TPSA) is 97.0 Å². The van der Waals surface area contributed by atoms with Gasteiger partial charge in [-0.3, -0.25) is 9.59 Å². The Hall–Kier alpha value is -3.55. The zero-order valence-electron chi connectivity index (χ0n) is 17.3. The number of ether oxygens (including phenoxy) is 2. The largest absolute Gasteiger partial charge is 0.496 e. The molecule has 8 heteroatoms. The maximum absolute atomic E-state index is 12.4. The maximum Gasteiger partial charge on any atom is 0.338 e. The summed E-state index contributed by atoms with van der Waals surface area (Å²) < 4.78 is 10.4. The number of nitrogens with one attached hydrogen (secondary N) is 2. The van der Waals surface area contributed by atoms with Gasteiger partial charge in [-0.15, -0.1) is 0 Å². The second-order valence-corrected chi connectivity index (χ2v) is 7.56. The van der Waals surface area contributed by atoms with Crippen molar-refractivity contribution in [3.63, 3.8) is 0 Å². The molecule has 1 saturated heterocycles. The Balaban J connectivity index is 1.28. The van der Waals surface area contributed by atoms with Crippen LogP contribution in [0.15, 0.2) is 42.5 Å². The lowest BCUT2D eigenvalue weighted by Gasteiger charge is -2.33. The van der Waals surface area contributed by atoms with Crippen LogP contribution in [-0.2, 0) is 20.7 Å². The number of rotatable bonds is 7. The molecule has 8 nitrogen and oxygen atoms in total. The number of anilines is 2. The fourth-order valence-corrected chi connectivity index (χ4v) is 4.07. The molecule has 0 saturated carbocycles. The first-order valence-electron chi connectivity index (χ1n) is 10.3. The van der Waals surface area contributed by atoms with E-state index in [0.29, 0.717) is 24.2 Å². The Morgan fingerprint density at radius 2 is 2.06 bits per heavy atom. The van der Waals surface area contributed by atoms with E-state index in [9.17, 15) is 14.4 Å². The summed E-state index contributed by atoms with van der Waals surface area (Å²) in [5, 5.41) is 5.60. The molecule has 2 aliphatic heterocycles. The number of amides is 2. The van der Waals surface area contributed by atoms with E-state index in [-0.39, 0.29) is 24.5 Å². The molecule has 2 aliphatic rings. The zero-order chi connectivity index (χ0) is 21.8. The van der Waals surface area contributed by atoms with Gasteiger partial charge < -0.3 is 25.0 Å². The second-order valence-electron chi connectivity index (χ2n) is 7.56. The van der Waals surface area contributed by atoms with Crippen molar-refractivity contribution in [2.75, 3.05) is 37.0 Å². The Morgan fingerprint density at radius 1 is 1.23 bits per heavy atom. The van der Waals surface area contributed by atoms with Gasteiger partial charge in [0.15, 0.2) is 6.61 Å². The molecular weight excluding hydrogens is 398 g/mol. The molecule has 0 spiro atoms. The minimum atomic E-state index is -0.611. The van der Waals surface area contributed by atoms with Gasteiger partial charge in [0.2, 0.25) is 5.91 Å². The van der Waals surface area contributed by atoms with E-state index in [2.05, 4.69) is 15.5 Å². The van der Waals surface area contributed by atoms with Crippen LogP contribution in [0.3, 0.4) is 0 Å². The lowest BCUT2D eigenvalue weighted by atomic mass is 10.1. The predicted octanol–water partition coefficient (Wildman–Crippen LogP) is 2.13. The number of fused-ring (bicyclic) bond motifs is 3. The van der Waals surface area contributed by atoms with E-state index in [4.69, 9.17) is 9.47 Å². The normalized spacial score (nSPS) is 16.7. The van der Waals surface area contributed by atoms with Gasteiger partial charge in [0.25, 0.3) is 5.91 Å². The third-order valence-electron chi connectivity index (χ3n) is 5.60. The van der Waals surface area contributed by atoms with Crippen molar-refractivity contribution in [1.82, 2.24) is 5.32 Å². The number of benzene rings is 2. The average molecular weight is 423 g/mol. The van der Waals surface area contributed by atoms with Gasteiger partial charge in [0.1, 0.15) is 11.8 Å². The summed E-state index contributed by atoms with van der Waals surface area (Å²) in [6, 6.07) is 12.5. The minimum absolute atomic E-state index is 0.0510. The summed E-state index contributed by atoms with van der Waals surface area (Å²) in [5.41, 5.74) is 2.78. The van der Waals surface area contributed by atoms with Gasteiger partial charge in [-0.2, -0.15) is 0 Å². The monoisotopic (exact) mass is 423 g/mol. The van der Waals surface area contributed by atoms with Crippen molar-refractivity contribution in [3.05, 3.63) is 53.6 Å². The second kappa shape index (κ2) is 9.07. The van der Waals surface area contributed by atoms with E-state index < -0.39 is 5.97 Å². The Kier molecular flexibility index (Phi) is 6.06. The molecular formula is C23H25N3O5. The molecule has 1 atom stereocenters. The number of esters is 1. The number of para-hydroxylation sites is 1. The zero-order valence-corrected chi connectivity index (χ0v) is 17.3. The lowest BCUT2D eigenvalue weighted by molar-refractivity contribution is -0.124. The van der Waals surface area contributed by atoms with Crippen LogP contribution in [0.5, 0.6) is 5.75 Å². The van der Waals surface area contributed by atoms with Crippen molar-refractivity contribution < 1.29 is 23.9 Å². The van der Waals surface area contributed by atoms with Crippen LogP contribution in [0, 0.1) is 0 Å². The van der Waals surface area contributed by atoms with Crippen LogP contribution in [0.4, 0.5) is 11.4 Å². The van der Waals surface area contributed by atoms with Gasteiger partial charge in [-0.25, -0.2) is 4.79 Å². The van der Waals surface area contributed by atoms with Crippen LogP contribution in [0.2, 0.25) is 0 Å². The molecule has 2 aromatic carbocycles. The smallest absolute Gasteiger partial charge is 0.338 e. The number of nitrogens with zero attached hydrogens (tertiary/aromatic N) is 1. The number of hydrogen-bond acceptors (Lipinski definition) is 6. The molecule has 0 radical (unpaired) electrons. The first-order chi connectivity index (χ1) is 15.1. The summed E-state index contributed by atoms with van der Waals surface area (Å²) >= 11 is 0. The summed E-state index contributed by atoms with van der Waals surface area (Å²) in [6.07, 6.45) is 2.40. The van der Waals surface area contributed by atoms with E-state index in [0.717, 1.165) is 36.4 Å². The number of hydrogen-bond donors (Lipinski definition) is 2. The van der Waals surface area contributed by atoms with Crippen molar-refractivity contribution in [1.29, 1.82) is 0 Å². The molecule has 162 valence electrons. The highest BCUT2D eigenvalue weighted by Crippen LogP contribution is 2.37. The molecule has 2 amide bonds. The van der Waals surface area contributed by atoms with Gasteiger partial charge in [-0.05, 0) is 49.1 Å². The summed E-state index contributed by atoms with van der Waals surface area (Å²) in [7, 11) is 1.60. The van der Waals surface area contributed by atoms with E-state index in [1.54, 1.807) is 19.2 Å². The van der Waals surface area contributed by atoms with Gasteiger partial charge >= 0.3 is 5.97 Å². The number of methoxy groups -OCH3 is 1. The minimum Gasteiger partial charge on any atom is -0.496 e. The highest BCUT2D eigenvalue weighted by Gasteiger charge is 2.36. The molecule has 2 N–H and O–H groups in total. The van der Waals surface area contributed by atoms with Crippen molar-refractivity contribution in [3.8, 4) is 5.75 Å². The Labute approximate surface area is 180 Å². The van der Waals surface area contributed by atoms with Crippen LogP contribution in [-0.4, -0.2) is 50.6 Å². The Morgan fingerprint density at radius 3 is 2.90 bits per heavy atom. The molecule has 0 bridgehead atoms. The fraction of sp³-hybridized carbons (Fsp3) is 0.348. The van der Waals surface area contributed by atoms with Gasteiger partial charge in [0, 0.05) is 13.1 Å². The number of carbonyl (C=O) groups is 3. The summed E-state index contributed by atoms with van der Waals surface area (Å²) in [4.78, 5) is 38.7. The molecule has 0 aliphatic carbocycles. The summed E-state index contributed by atoms with van der Waals surface area (Å²) in [6.45, 7) is 0.852. The standard InChI is InChI=1S/C23H25N3O5/c1-30-20-7-3-2-5-15(20)10-11-24-21(27)14-31-23(29)16-8-9-18-17(13-16)25-22(28)19-6-4-12-26(18)19/h2-3,5,7-9,13,19H,4,6,10-12,14H2,1H3,(H,24,27)(H,25,28). The third-order valence-corrected chi connectivity index (χ3v) is 5.60. The predicted molar refractivity (Wildman–Crippen MR) is 115 cm³/mol. The van der Waals surface area contributed by atoms with Gasteiger partial charge in [-0.1, -0.05) is 18.2 Å². The van der Waals surface area contributed by atoms with Crippen LogP contribution >= 0.6 is 0 Å². The van der Waals surface area contributed by atoms with Crippen LogP contribution < -0.4 is 20.3 Å². The third kappa shape index (κ3) is 4.47. The molecule has 2 aromatic rings. The van der Waals surface area contributed by atoms with Crippen LogP contribution in [0.25, 0.3) is 0 Å². The van der Waals surface area contributed by atoms with Crippen molar-refractivity contribution in [2.24, 2.45) is 0 Å². The first kappa shape index (κ1) is 20.7.